The number of hydrogen-bond donors (Lipinski definition) is 0. The van der Waals surface area contributed by atoms with Crippen molar-refractivity contribution in [1.82, 2.24) is 9.21 Å². The number of hydrogen-bond acceptors (Lipinski definition) is 5. The standard InChI is InChI=1S/C18H23N3O4S/c1-2-21-17(22)7-10-20(14-18(21)8-11-25-12-9-18)26(23,24)16-5-3-15(13-19)4-6-16/h3-6H,2,7-12,14H2,1H3. The first-order chi connectivity index (χ1) is 12.4. The molecule has 1 amide bonds. The SMILES string of the molecule is CCN1C(=O)CCN(S(=O)(=O)c2ccc(C#N)cc2)CC12CCOCC2. The number of ether oxygens (including phenoxy) is 1. The number of likely N-dealkylation sites (N-methyl/N-ethyl adjacent to an activating group) is 1. The van der Waals surface area contributed by atoms with Crippen molar-refractivity contribution in [1.29, 1.82) is 5.26 Å². The van der Waals surface area contributed by atoms with Crippen LogP contribution in [-0.4, -0.2) is 61.9 Å². The maximum atomic E-state index is 13.1. The van der Waals surface area contributed by atoms with Crippen molar-refractivity contribution >= 4 is 15.9 Å². The van der Waals surface area contributed by atoms with Crippen LogP contribution < -0.4 is 0 Å². The highest BCUT2D eigenvalue weighted by molar-refractivity contribution is 7.89. The highest BCUT2D eigenvalue weighted by atomic mass is 32.2. The zero-order valence-electron chi connectivity index (χ0n) is 14.8. The Bertz CT molecular complexity index is 808. The molecule has 2 saturated heterocycles. The minimum atomic E-state index is -3.74. The molecular weight excluding hydrogens is 354 g/mol. The van der Waals surface area contributed by atoms with Crippen LogP contribution in [0, 0.1) is 11.3 Å². The zero-order chi connectivity index (χ0) is 18.8. The summed E-state index contributed by atoms with van der Waals surface area (Å²) in [4.78, 5) is 14.6. The Morgan fingerprint density at radius 3 is 2.46 bits per heavy atom. The van der Waals surface area contributed by atoms with E-state index >= 15 is 0 Å². The van der Waals surface area contributed by atoms with E-state index in [9.17, 15) is 13.2 Å². The Balaban J connectivity index is 1.96. The molecule has 3 rings (SSSR count). The molecule has 0 radical (unpaired) electrons. The molecule has 0 N–H and O–H groups in total. The summed E-state index contributed by atoms with van der Waals surface area (Å²) in [5.74, 6) is -0.00747. The number of rotatable bonds is 3. The van der Waals surface area contributed by atoms with Gasteiger partial charge in [0, 0.05) is 39.3 Å². The van der Waals surface area contributed by atoms with Gasteiger partial charge in [-0.3, -0.25) is 4.79 Å². The van der Waals surface area contributed by atoms with Gasteiger partial charge in [-0.25, -0.2) is 8.42 Å². The number of amides is 1. The van der Waals surface area contributed by atoms with Crippen molar-refractivity contribution in [2.75, 3.05) is 32.8 Å². The molecule has 140 valence electrons. The first-order valence-electron chi connectivity index (χ1n) is 8.81. The summed E-state index contributed by atoms with van der Waals surface area (Å²) >= 11 is 0. The predicted molar refractivity (Wildman–Crippen MR) is 94.7 cm³/mol. The lowest BCUT2D eigenvalue weighted by Gasteiger charge is -2.46. The third-order valence-electron chi connectivity index (χ3n) is 5.28. The van der Waals surface area contributed by atoms with Gasteiger partial charge in [-0.15, -0.1) is 0 Å². The van der Waals surface area contributed by atoms with Crippen LogP contribution in [0.2, 0.25) is 0 Å². The molecule has 1 aromatic rings. The minimum Gasteiger partial charge on any atom is -0.381 e. The first-order valence-corrected chi connectivity index (χ1v) is 10.3. The summed E-state index contributed by atoms with van der Waals surface area (Å²) in [5, 5.41) is 8.90. The molecule has 0 aliphatic carbocycles. The molecule has 0 aromatic heterocycles. The molecule has 0 bridgehead atoms. The topological polar surface area (TPSA) is 90.7 Å². The highest BCUT2D eigenvalue weighted by Crippen LogP contribution is 2.34. The lowest BCUT2D eigenvalue weighted by molar-refractivity contribution is -0.139. The molecule has 2 heterocycles. The molecule has 2 aliphatic heterocycles. The second-order valence-corrected chi connectivity index (χ2v) is 8.64. The Morgan fingerprint density at radius 1 is 1.23 bits per heavy atom. The van der Waals surface area contributed by atoms with E-state index in [-0.39, 0.29) is 30.3 Å². The van der Waals surface area contributed by atoms with Gasteiger partial charge in [0.2, 0.25) is 15.9 Å². The second kappa shape index (κ2) is 7.35. The molecule has 2 fully saturated rings. The van der Waals surface area contributed by atoms with Gasteiger partial charge < -0.3 is 9.64 Å². The summed E-state index contributed by atoms with van der Waals surface area (Å²) in [7, 11) is -3.74. The monoisotopic (exact) mass is 377 g/mol. The lowest BCUT2D eigenvalue weighted by atomic mass is 9.88. The summed E-state index contributed by atoms with van der Waals surface area (Å²) in [6.07, 6.45) is 1.43. The van der Waals surface area contributed by atoms with E-state index in [1.165, 1.54) is 28.6 Å². The van der Waals surface area contributed by atoms with Crippen molar-refractivity contribution < 1.29 is 17.9 Å². The van der Waals surface area contributed by atoms with E-state index < -0.39 is 15.6 Å². The van der Waals surface area contributed by atoms with Crippen molar-refractivity contribution in [3.05, 3.63) is 29.8 Å². The fourth-order valence-electron chi connectivity index (χ4n) is 3.86. The maximum Gasteiger partial charge on any atom is 0.243 e. The van der Waals surface area contributed by atoms with Gasteiger partial charge in [-0.05, 0) is 44.0 Å². The molecule has 0 atom stereocenters. The molecular formula is C18H23N3O4S. The van der Waals surface area contributed by atoms with E-state index in [1.54, 1.807) is 0 Å². The van der Waals surface area contributed by atoms with Crippen LogP contribution in [0.5, 0.6) is 0 Å². The maximum absolute atomic E-state index is 13.1. The zero-order valence-corrected chi connectivity index (χ0v) is 15.7. The highest BCUT2D eigenvalue weighted by Gasteiger charge is 2.46. The van der Waals surface area contributed by atoms with Gasteiger partial charge in [-0.1, -0.05) is 0 Å². The molecule has 1 spiro atoms. The van der Waals surface area contributed by atoms with Gasteiger partial charge in [0.05, 0.1) is 22.1 Å². The van der Waals surface area contributed by atoms with Crippen molar-refractivity contribution in [2.45, 2.75) is 36.6 Å². The van der Waals surface area contributed by atoms with E-state index in [0.29, 0.717) is 38.2 Å². The molecule has 0 saturated carbocycles. The van der Waals surface area contributed by atoms with Crippen LogP contribution in [0.15, 0.2) is 29.2 Å². The third kappa shape index (κ3) is 3.34. The number of carbonyl (C=O) groups is 1. The van der Waals surface area contributed by atoms with Crippen molar-refractivity contribution in [2.24, 2.45) is 0 Å². The van der Waals surface area contributed by atoms with E-state index in [1.807, 2.05) is 17.9 Å². The summed E-state index contributed by atoms with van der Waals surface area (Å²) < 4.78 is 33.2. The average molecular weight is 377 g/mol. The van der Waals surface area contributed by atoms with Gasteiger partial charge >= 0.3 is 0 Å². The molecule has 26 heavy (non-hydrogen) atoms. The smallest absolute Gasteiger partial charge is 0.243 e. The molecule has 7 nitrogen and oxygen atoms in total. The van der Waals surface area contributed by atoms with Crippen LogP contribution in [0.3, 0.4) is 0 Å². The number of benzene rings is 1. The van der Waals surface area contributed by atoms with Gasteiger partial charge in [0.25, 0.3) is 0 Å². The Hall–Kier alpha value is -1.95. The van der Waals surface area contributed by atoms with E-state index in [4.69, 9.17) is 10.00 Å². The molecule has 0 unspecified atom stereocenters. The molecule has 8 heteroatoms. The van der Waals surface area contributed by atoms with Gasteiger partial charge in [0.15, 0.2) is 0 Å². The van der Waals surface area contributed by atoms with E-state index in [0.717, 1.165) is 0 Å². The van der Waals surface area contributed by atoms with Crippen molar-refractivity contribution in [3.63, 3.8) is 0 Å². The summed E-state index contributed by atoms with van der Waals surface area (Å²) in [5.41, 5.74) is -0.103. The Kier molecular flexibility index (Phi) is 5.32. The third-order valence-corrected chi connectivity index (χ3v) is 7.14. The van der Waals surface area contributed by atoms with Crippen LogP contribution >= 0.6 is 0 Å². The van der Waals surface area contributed by atoms with Crippen LogP contribution in [0.25, 0.3) is 0 Å². The fraction of sp³-hybridized carbons (Fsp3) is 0.556. The largest absolute Gasteiger partial charge is 0.381 e. The van der Waals surface area contributed by atoms with Gasteiger partial charge in [-0.2, -0.15) is 9.57 Å². The molecule has 2 aliphatic rings. The second-order valence-electron chi connectivity index (χ2n) is 6.70. The van der Waals surface area contributed by atoms with Crippen LogP contribution in [-0.2, 0) is 19.6 Å². The fourth-order valence-corrected chi connectivity index (χ4v) is 5.38. The minimum absolute atomic E-state index is 0.00747. The quantitative estimate of drug-likeness (QED) is 0.793. The number of sulfonamides is 1. The summed E-state index contributed by atoms with van der Waals surface area (Å²) in [6, 6.07) is 7.89. The van der Waals surface area contributed by atoms with Crippen molar-refractivity contribution in [3.8, 4) is 6.07 Å². The number of nitrogens with zero attached hydrogens (tertiary/aromatic N) is 3. The predicted octanol–water partition coefficient (Wildman–Crippen LogP) is 1.35. The van der Waals surface area contributed by atoms with Crippen LogP contribution in [0.4, 0.5) is 0 Å². The molecule has 1 aromatic carbocycles. The first kappa shape index (κ1) is 18.8. The van der Waals surface area contributed by atoms with Crippen LogP contribution in [0.1, 0.15) is 31.7 Å². The van der Waals surface area contributed by atoms with E-state index in [2.05, 4.69) is 0 Å². The number of nitriles is 1. The number of carbonyl (C=O) groups excluding carboxylic acids is 1. The normalized spacial score (nSPS) is 21.4. The lowest BCUT2D eigenvalue weighted by Crippen LogP contribution is -2.58. The Morgan fingerprint density at radius 2 is 1.88 bits per heavy atom. The van der Waals surface area contributed by atoms with Gasteiger partial charge in [0.1, 0.15) is 0 Å². The Labute approximate surface area is 154 Å². The summed E-state index contributed by atoms with van der Waals surface area (Å²) in [6.45, 7) is 3.98. The average Bonchev–Trinajstić information content (AvgIpc) is 2.79.